The fourth-order valence-electron chi connectivity index (χ4n) is 8.90. The molecule has 0 bridgehead atoms. The largest absolute Gasteiger partial charge is 0.452 e. The van der Waals surface area contributed by atoms with E-state index >= 15 is 0 Å². The SMILES string of the molecule is CC1(C)c2ccccc2-c2ccc(-c3nc(-c4cccc5c4sc4cccc(-c6nc(-c7ccccc7)nc(-c7ccccc7)n6)c45)nc4c3oc3ccccc34)cc21. The number of furan rings is 1. The Kier molecular flexibility index (Phi) is 7.34. The highest BCUT2D eigenvalue weighted by Gasteiger charge is 2.35. The molecular weight excluding hydrogens is 743 g/mol. The predicted octanol–water partition coefficient (Wildman–Crippen LogP) is 13.6. The van der Waals surface area contributed by atoms with Crippen LogP contribution >= 0.6 is 11.3 Å². The molecule has 1 aliphatic carbocycles. The van der Waals surface area contributed by atoms with Crippen LogP contribution in [0.2, 0.25) is 0 Å². The van der Waals surface area contributed by atoms with Gasteiger partial charge >= 0.3 is 0 Å². The summed E-state index contributed by atoms with van der Waals surface area (Å²) in [6.07, 6.45) is 0. The number of rotatable bonds is 5. The predicted molar refractivity (Wildman–Crippen MR) is 240 cm³/mol. The van der Waals surface area contributed by atoms with Crippen LogP contribution < -0.4 is 0 Å². The normalized spacial score (nSPS) is 13.1. The van der Waals surface area contributed by atoms with E-state index in [1.807, 2.05) is 78.9 Å². The number of nitrogens with zero attached hydrogens (tertiary/aromatic N) is 5. The van der Waals surface area contributed by atoms with Crippen molar-refractivity contribution in [1.82, 2.24) is 24.9 Å². The van der Waals surface area contributed by atoms with Crippen LogP contribution in [0.3, 0.4) is 0 Å². The van der Waals surface area contributed by atoms with Crippen LogP contribution in [0.25, 0.3) is 110 Å². The van der Waals surface area contributed by atoms with Crippen LogP contribution in [0.15, 0.2) is 168 Å². The van der Waals surface area contributed by atoms with Gasteiger partial charge in [-0.3, -0.25) is 0 Å². The van der Waals surface area contributed by atoms with Gasteiger partial charge in [-0.25, -0.2) is 24.9 Å². The molecule has 0 saturated heterocycles. The first-order chi connectivity index (χ1) is 29.0. The van der Waals surface area contributed by atoms with E-state index in [0.29, 0.717) is 28.9 Å². The van der Waals surface area contributed by atoms with Gasteiger partial charge in [-0.15, -0.1) is 11.3 Å². The number of hydrogen-bond donors (Lipinski definition) is 0. The average molecular weight is 776 g/mol. The third-order valence-corrected chi connectivity index (χ3v) is 13.0. The van der Waals surface area contributed by atoms with E-state index in [4.69, 9.17) is 29.3 Å². The van der Waals surface area contributed by atoms with Crippen molar-refractivity contribution in [3.05, 3.63) is 175 Å². The zero-order chi connectivity index (χ0) is 39.2. The minimum Gasteiger partial charge on any atom is -0.452 e. The van der Waals surface area contributed by atoms with Crippen LogP contribution in [0.5, 0.6) is 0 Å². The van der Waals surface area contributed by atoms with E-state index in [1.165, 1.54) is 22.3 Å². The maximum Gasteiger partial charge on any atom is 0.180 e. The summed E-state index contributed by atoms with van der Waals surface area (Å²) in [7, 11) is 0. The molecule has 0 spiro atoms. The van der Waals surface area contributed by atoms with E-state index in [2.05, 4.69) is 98.8 Å². The molecule has 0 unspecified atom stereocenters. The van der Waals surface area contributed by atoms with Crippen LogP contribution in [-0.4, -0.2) is 24.9 Å². The van der Waals surface area contributed by atoms with Crippen molar-refractivity contribution in [1.29, 1.82) is 0 Å². The first-order valence-corrected chi connectivity index (χ1v) is 20.6. The summed E-state index contributed by atoms with van der Waals surface area (Å²) < 4.78 is 8.83. The van der Waals surface area contributed by atoms with Gasteiger partial charge < -0.3 is 4.42 Å². The number of benzene rings is 7. The van der Waals surface area contributed by atoms with Crippen molar-refractivity contribution in [2.24, 2.45) is 0 Å². The maximum atomic E-state index is 6.60. The fraction of sp³-hybridized carbons (Fsp3) is 0.0577. The Morgan fingerprint density at radius 2 is 1.07 bits per heavy atom. The monoisotopic (exact) mass is 775 g/mol. The summed E-state index contributed by atoms with van der Waals surface area (Å²) in [5.41, 5.74) is 12.8. The molecule has 4 aromatic heterocycles. The molecule has 4 heterocycles. The quantitative estimate of drug-likeness (QED) is 0.173. The highest BCUT2D eigenvalue weighted by atomic mass is 32.1. The number of hydrogen-bond acceptors (Lipinski definition) is 7. The summed E-state index contributed by atoms with van der Waals surface area (Å²) >= 11 is 1.74. The lowest BCUT2D eigenvalue weighted by atomic mass is 9.82. The van der Waals surface area contributed by atoms with Gasteiger partial charge in [-0.2, -0.15) is 0 Å². The van der Waals surface area contributed by atoms with Crippen LogP contribution in [0.1, 0.15) is 25.0 Å². The summed E-state index contributed by atoms with van der Waals surface area (Å²) in [4.78, 5) is 25.9. The number of thiophene rings is 1. The van der Waals surface area contributed by atoms with Crippen molar-refractivity contribution in [2.75, 3.05) is 0 Å². The van der Waals surface area contributed by atoms with Crippen molar-refractivity contribution >= 4 is 53.6 Å². The molecule has 0 amide bonds. The number of aromatic nitrogens is 5. The van der Waals surface area contributed by atoms with E-state index in [-0.39, 0.29) is 5.41 Å². The van der Waals surface area contributed by atoms with Crippen LogP contribution in [-0.2, 0) is 5.41 Å². The molecule has 1 aliphatic rings. The Morgan fingerprint density at radius 3 is 1.86 bits per heavy atom. The summed E-state index contributed by atoms with van der Waals surface area (Å²) in [5, 5.41) is 3.15. The molecule has 7 aromatic carbocycles. The second kappa shape index (κ2) is 12.8. The van der Waals surface area contributed by atoms with Gasteiger partial charge in [-0.05, 0) is 52.6 Å². The topological polar surface area (TPSA) is 77.6 Å². The van der Waals surface area contributed by atoms with E-state index in [9.17, 15) is 0 Å². The molecule has 0 atom stereocenters. The van der Waals surface area contributed by atoms with E-state index in [0.717, 1.165) is 70.2 Å². The van der Waals surface area contributed by atoms with Gasteiger partial charge in [0.25, 0.3) is 0 Å². The Labute approximate surface area is 343 Å². The summed E-state index contributed by atoms with van der Waals surface area (Å²) in [6.45, 7) is 4.62. The first-order valence-electron chi connectivity index (χ1n) is 19.8. The minimum absolute atomic E-state index is 0.159. The van der Waals surface area contributed by atoms with Crippen molar-refractivity contribution in [3.8, 4) is 67.9 Å². The molecular formula is C52H33N5OS. The average Bonchev–Trinajstić information content (AvgIpc) is 3.94. The van der Waals surface area contributed by atoms with Gasteiger partial charge in [0.1, 0.15) is 16.8 Å². The third kappa shape index (κ3) is 5.21. The number of para-hydroxylation sites is 1. The van der Waals surface area contributed by atoms with Gasteiger partial charge in [-0.1, -0.05) is 147 Å². The Balaban J connectivity index is 1.07. The van der Waals surface area contributed by atoms with E-state index in [1.54, 1.807) is 11.3 Å². The lowest BCUT2D eigenvalue weighted by Gasteiger charge is -2.21. The third-order valence-electron chi connectivity index (χ3n) is 11.8. The molecule has 0 N–H and O–H groups in total. The van der Waals surface area contributed by atoms with Crippen LogP contribution in [0.4, 0.5) is 0 Å². The molecule has 0 saturated carbocycles. The lowest BCUT2D eigenvalue weighted by Crippen LogP contribution is -2.14. The standard InChI is InChI=1S/C52H33N5OS/c1-52(2)39-24-11-9-19-33(39)34-28-27-32(29-40(34)52)44-46-45(35-20-10-12-25-41(35)58-46)54-51(53-44)38-23-13-21-36-43-37(22-14-26-42(43)59-47(36)38)50-56-48(30-15-5-3-6-16-30)55-49(57-50)31-17-7-4-8-18-31/h3-29H,1-2H3. The Morgan fingerprint density at radius 1 is 0.458 bits per heavy atom. The molecule has 0 aliphatic heterocycles. The minimum atomic E-state index is -0.159. The number of fused-ring (bicyclic) bond motifs is 9. The Hall–Kier alpha value is -7.35. The van der Waals surface area contributed by atoms with Gasteiger partial charge in [0.05, 0.1) is 0 Å². The molecule has 59 heavy (non-hydrogen) atoms. The lowest BCUT2D eigenvalue weighted by molar-refractivity contribution is 0.659. The van der Waals surface area contributed by atoms with Crippen molar-refractivity contribution < 1.29 is 4.42 Å². The van der Waals surface area contributed by atoms with Gasteiger partial charge in [0, 0.05) is 58.8 Å². The zero-order valence-corrected chi connectivity index (χ0v) is 33.0. The summed E-state index contributed by atoms with van der Waals surface area (Å²) in [5.74, 6) is 2.54. The van der Waals surface area contributed by atoms with Crippen molar-refractivity contribution in [3.63, 3.8) is 0 Å². The zero-order valence-electron chi connectivity index (χ0n) is 32.1. The first kappa shape index (κ1) is 33.8. The smallest absolute Gasteiger partial charge is 0.180 e. The second-order valence-corrected chi connectivity index (χ2v) is 16.7. The molecule has 7 heteroatoms. The molecule has 11 aromatic rings. The van der Waals surface area contributed by atoms with Gasteiger partial charge in [0.2, 0.25) is 0 Å². The van der Waals surface area contributed by atoms with Gasteiger partial charge in [0.15, 0.2) is 28.9 Å². The second-order valence-electron chi connectivity index (χ2n) is 15.6. The molecule has 0 fully saturated rings. The highest BCUT2D eigenvalue weighted by Crippen LogP contribution is 2.50. The molecule has 0 radical (unpaired) electrons. The van der Waals surface area contributed by atoms with Crippen molar-refractivity contribution in [2.45, 2.75) is 19.3 Å². The highest BCUT2D eigenvalue weighted by molar-refractivity contribution is 7.26. The molecule has 278 valence electrons. The van der Waals surface area contributed by atoms with Crippen LogP contribution in [0, 0.1) is 0 Å². The molecule has 6 nitrogen and oxygen atoms in total. The summed E-state index contributed by atoms with van der Waals surface area (Å²) in [6, 6.07) is 56.6. The Bertz CT molecular complexity index is 3420. The maximum absolute atomic E-state index is 6.60. The molecule has 12 rings (SSSR count). The van der Waals surface area contributed by atoms with E-state index < -0.39 is 0 Å². The fourth-order valence-corrected chi connectivity index (χ4v) is 10.1.